The fourth-order valence-corrected chi connectivity index (χ4v) is 1.80. The number of hydrogen-bond donors (Lipinski definition) is 1. The van der Waals surface area contributed by atoms with Gasteiger partial charge in [0.25, 0.3) is 0 Å². The van der Waals surface area contributed by atoms with Crippen LogP contribution in [0.4, 0.5) is 0 Å². The topological polar surface area (TPSA) is 25.2 Å². The fraction of sp³-hybridized carbons (Fsp3) is 0.333. The van der Waals surface area contributed by atoms with Gasteiger partial charge in [0.15, 0.2) is 0 Å². The molecule has 0 unspecified atom stereocenters. The largest absolute Gasteiger partial charge is 0.396 e. The van der Waals surface area contributed by atoms with Gasteiger partial charge >= 0.3 is 0 Å². The molecule has 0 spiro atoms. The first kappa shape index (κ1) is 9.28. The second-order valence-electron chi connectivity index (χ2n) is 3.71. The lowest BCUT2D eigenvalue weighted by Gasteiger charge is -2.01. The molecule has 0 aliphatic rings. The molecule has 0 bridgehead atoms. The Labute approximate surface area is 83.8 Å². The second kappa shape index (κ2) is 3.46. The third-order valence-corrected chi connectivity index (χ3v) is 2.75. The number of aliphatic hydroxyl groups is 1. The lowest BCUT2D eigenvalue weighted by molar-refractivity contribution is 0.299. The third kappa shape index (κ3) is 1.42. The second-order valence-corrected chi connectivity index (χ2v) is 3.71. The summed E-state index contributed by atoms with van der Waals surface area (Å²) in [5.41, 5.74) is 3.70. The monoisotopic (exact) mass is 189 g/mol. The average Bonchev–Trinajstić information content (AvgIpc) is 2.45. The quantitative estimate of drug-likeness (QED) is 0.768. The number of hydrogen-bond acceptors (Lipinski definition) is 1. The summed E-state index contributed by atoms with van der Waals surface area (Å²) in [6.45, 7) is 2.32. The van der Waals surface area contributed by atoms with Crippen LogP contribution in [0.2, 0.25) is 0 Å². The number of aliphatic hydroxyl groups excluding tert-OH is 1. The van der Waals surface area contributed by atoms with Crippen molar-refractivity contribution in [2.45, 2.75) is 13.3 Å². The Hall–Kier alpha value is -1.28. The van der Waals surface area contributed by atoms with Gasteiger partial charge in [-0.1, -0.05) is 12.1 Å². The highest BCUT2D eigenvalue weighted by atomic mass is 16.2. The van der Waals surface area contributed by atoms with E-state index in [1.807, 2.05) is 0 Å². The standard InChI is InChI=1S/C12H15NO/c1-9-7-11-4-3-10(5-6-14)8-12(11)13(9)2/h3-4,7-8,14H,5-6H2,1-2H3. The Morgan fingerprint density at radius 1 is 1.29 bits per heavy atom. The Balaban J connectivity index is 2.58. The molecular formula is C12H15NO. The SMILES string of the molecule is Cc1cc2ccc(CCO)cc2n1C. The molecule has 0 radical (unpaired) electrons. The highest BCUT2D eigenvalue weighted by Crippen LogP contribution is 2.19. The minimum Gasteiger partial charge on any atom is -0.396 e. The molecule has 0 fully saturated rings. The maximum Gasteiger partial charge on any atom is 0.0482 e. The molecule has 2 aromatic rings. The van der Waals surface area contributed by atoms with Crippen molar-refractivity contribution >= 4 is 10.9 Å². The van der Waals surface area contributed by atoms with Crippen molar-refractivity contribution in [2.24, 2.45) is 7.05 Å². The van der Waals surface area contributed by atoms with E-state index in [4.69, 9.17) is 5.11 Å². The first-order valence-corrected chi connectivity index (χ1v) is 4.88. The molecule has 1 N–H and O–H groups in total. The number of fused-ring (bicyclic) bond motifs is 1. The molecule has 0 saturated heterocycles. The molecule has 0 aliphatic carbocycles. The molecule has 14 heavy (non-hydrogen) atoms. The number of aryl methyl sites for hydroxylation is 2. The van der Waals surface area contributed by atoms with Crippen LogP contribution in [-0.2, 0) is 13.5 Å². The van der Waals surface area contributed by atoms with Crippen LogP contribution in [0.1, 0.15) is 11.3 Å². The minimum atomic E-state index is 0.217. The molecule has 2 heteroatoms. The van der Waals surface area contributed by atoms with Gasteiger partial charge in [-0.15, -0.1) is 0 Å². The highest BCUT2D eigenvalue weighted by molar-refractivity contribution is 5.81. The molecular weight excluding hydrogens is 174 g/mol. The van der Waals surface area contributed by atoms with E-state index in [1.165, 1.54) is 22.2 Å². The van der Waals surface area contributed by atoms with E-state index in [-0.39, 0.29) is 6.61 Å². The zero-order valence-electron chi connectivity index (χ0n) is 8.62. The Morgan fingerprint density at radius 3 is 2.79 bits per heavy atom. The first-order chi connectivity index (χ1) is 6.72. The smallest absolute Gasteiger partial charge is 0.0482 e. The zero-order valence-corrected chi connectivity index (χ0v) is 8.62. The van der Waals surface area contributed by atoms with Gasteiger partial charge in [-0.3, -0.25) is 0 Å². The van der Waals surface area contributed by atoms with Gasteiger partial charge in [0, 0.05) is 24.9 Å². The number of aromatic nitrogens is 1. The summed E-state index contributed by atoms with van der Waals surface area (Å²) in [6, 6.07) is 8.53. The summed E-state index contributed by atoms with van der Waals surface area (Å²) < 4.78 is 2.18. The molecule has 1 aromatic heterocycles. The van der Waals surface area contributed by atoms with E-state index in [0.29, 0.717) is 0 Å². The molecule has 2 rings (SSSR count). The van der Waals surface area contributed by atoms with E-state index >= 15 is 0 Å². The van der Waals surface area contributed by atoms with Crippen LogP contribution < -0.4 is 0 Å². The molecule has 0 amide bonds. The highest BCUT2D eigenvalue weighted by Gasteiger charge is 2.02. The van der Waals surface area contributed by atoms with Crippen molar-refractivity contribution < 1.29 is 5.11 Å². The fourth-order valence-electron chi connectivity index (χ4n) is 1.80. The van der Waals surface area contributed by atoms with E-state index in [2.05, 4.69) is 42.8 Å². The normalized spacial score (nSPS) is 11.1. The van der Waals surface area contributed by atoms with Gasteiger partial charge in [0.1, 0.15) is 0 Å². The van der Waals surface area contributed by atoms with Crippen LogP contribution >= 0.6 is 0 Å². The van der Waals surface area contributed by atoms with E-state index in [0.717, 1.165) is 6.42 Å². The molecule has 0 aliphatic heterocycles. The van der Waals surface area contributed by atoms with Crippen LogP contribution in [0.15, 0.2) is 24.3 Å². The van der Waals surface area contributed by atoms with Gasteiger partial charge in [-0.2, -0.15) is 0 Å². The van der Waals surface area contributed by atoms with Crippen molar-refractivity contribution in [3.63, 3.8) is 0 Å². The lowest BCUT2D eigenvalue weighted by Crippen LogP contribution is -1.93. The maximum absolute atomic E-state index is 8.86. The Bertz CT molecular complexity index is 457. The van der Waals surface area contributed by atoms with E-state index in [9.17, 15) is 0 Å². The van der Waals surface area contributed by atoms with E-state index < -0.39 is 0 Å². The Kier molecular flexibility index (Phi) is 2.30. The average molecular weight is 189 g/mol. The van der Waals surface area contributed by atoms with Crippen molar-refractivity contribution in [1.29, 1.82) is 0 Å². The van der Waals surface area contributed by atoms with Crippen molar-refractivity contribution in [1.82, 2.24) is 4.57 Å². The van der Waals surface area contributed by atoms with Crippen molar-refractivity contribution in [3.05, 3.63) is 35.5 Å². The molecule has 0 saturated carbocycles. The lowest BCUT2D eigenvalue weighted by atomic mass is 10.1. The summed E-state index contributed by atoms with van der Waals surface area (Å²) in [4.78, 5) is 0. The van der Waals surface area contributed by atoms with Crippen LogP contribution in [0.3, 0.4) is 0 Å². The van der Waals surface area contributed by atoms with Gasteiger partial charge in [-0.05, 0) is 36.4 Å². The van der Waals surface area contributed by atoms with E-state index in [1.54, 1.807) is 0 Å². The summed E-state index contributed by atoms with van der Waals surface area (Å²) in [6.07, 6.45) is 0.736. The molecule has 74 valence electrons. The molecule has 0 atom stereocenters. The van der Waals surface area contributed by atoms with Crippen LogP contribution in [0.25, 0.3) is 10.9 Å². The molecule has 1 aromatic carbocycles. The summed E-state index contributed by atoms with van der Waals surface area (Å²) >= 11 is 0. The number of rotatable bonds is 2. The first-order valence-electron chi connectivity index (χ1n) is 4.88. The van der Waals surface area contributed by atoms with Gasteiger partial charge in [-0.25, -0.2) is 0 Å². The van der Waals surface area contributed by atoms with Gasteiger partial charge in [0.2, 0.25) is 0 Å². The van der Waals surface area contributed by atoms with Crippen LogP contribution in [-0.4, -0.2) is 16.3 Å². The molecule has 1 heterocycles. The summed E-state index contributed by atoms with van der Waals surface area (Å²) in [5, 5.41) is 10.1. The van der Waals surface area contributed by atoms with Crippen LogP contribution in [0, 0.1) is 6.92 Å². The van der Waals surface area contributed by atoms with Crippen molar-refractivity contribution in [2.75, 3.05) is 6.61 Å². The summed E-state index contributed by atoms with van der Waals surface area (Å²) in [7, 11) is 2.07. The predicted molar refractivity (Wildman–Crippen MR) is 58.4 cm³/mol. The minimum absolute atomic E-state index is 0.217. The molecule has 2 nitrogen and oxygen atoms in total. The predicted octanol–water partition coefficient (Wildman–Crippen LogP) is 2.02. The Morgan fingerprint density at radius 2 is 2.07 bits per heavy atom. The number of benzene rings is 1. The van der Waals surface area contributed by atoms with Crippen LogP contribution in [0.5, 0.6) is 0 Å². The van der Waals surface area contributed by atoms with Gasteiger partial charge < -0.3 is 9.67 Å². The van der Waals surface area contributed by atoms with Gasteiger partial charge in [0.05, 0.1) is 0 Å². The maximum atomic E-state index is 8.86. The third-order valence-electron chi connectivity index (χ3n) is 2.75. The number of nitrogens with zero attached hydrogens (tertiary/aromatic N) is 1. The zero-order chi connectivity index (χ0) is 10.1. The summed E-state index contributed by atoms with van der Waals surface area (Å²) in [5.74, 6) is 0. The van der Waals surface area contributed by atoms with Crippen molar-refractivity contribution in [3.8, 4) is 0 Å².